The molecule has 1 N–H and O–H groups in total. The number of hydrogen-bond donors (Lipinski definition) is 1. The lowest BCUT2D eigenvalue weighted by molar-refractivity contribution is 0.0938. The monoisotopic (exact) mass is 511 g/mol. The van der Waals surface area contributed by atoms with E-state index >= 15 is 0 Å². The Bertz CT molecular complexity index is 1420. The number of carbonyl (C=O) groups is 1. The van der Waals surface area contributed by atoms with E-state index in [1.165, 1.54) is 11.3 Å². The Balaban J connectivity index is 1.31. The van der Waals surface area contributed by atoms with Crippen LogP contribution in [0.3, 0.4) is 0 Å². The van der Waals surface area contributed by atoms with E-state index in [0.717, 1.165) is 38.4 Å². The summed E-state index contributed by atoms with van der Waals surface area (Å²) in [6, 6.07) is 27.9. The fourth-order valence-corrected chi connectivity index (χ4v) is 5.77. The summed E-state index contributed by atoms with van der Waals surface area (Å²) in [6.07, 6.45) is 0. The lowest BCUT2D eigenvalue weighted by atomic mass is 9.98. The second kappa shape index (κ2) is 10.9. The highest BCUT2D eigenvalue weighted by atomic mass is 32.2. The van der Waals surface area contributed by atoms with Gasteiger partial charge in [0, 0.05) is 5.38 Å². The first-order chi connectivity index (χ1) is 17.6. The Morgan fingerprint density at radius 3 is 2.22 bits per heavy atom. The molecule has 0 radical (unpaired) electrons. The molecule has 1 amide bonds. The molecule has 0 fully saturated rings. The topological polar surface area (TPSA) is 72.7 Å². The number of amides is 1. The van der Waals surface area contributed by atoms with Gasteiger partial charge >= 0.3 is 0 Å². The molecule has 0 saturated heterocycles. The minimum atomic E-state index is -0.255. The minimum absolute atomic E-state index is 0.195. The van der Waals surface area contributed by atoms with Gasteiger partial charge in [-0.1, -0.05) is 90.6 Å². The molecule has 0 aliphatic carbocycles. The first-order valence-corrected chi connectivity index (χ1v) is 13.4. The van der Waals surface area contributed by atoms with Gasteiger partial charge in [-0.2, -0.15) is 0 Å². The van der Waals surface area contributed by atoms with Crippen LogP contribution in [-0.4, -0.2) is 25.7 Å². The molecule has 0 bridgehead atoms. The molecule has 5 rings (SSSR count). The maximum Gasteiger partial charge on any atom is 0.271 e. The van der Waals surface area contributed by atoms with E-state index in [9.17, 15) is 4.79 Å². The second-order valence-corrected chi connectivity index (χ2v) is 10.2. The maximum absolute atomic E-state index is 13.2. The molecule has 8 heteroatoms. The van der Waals surface area contributed by atoms with Gasteiger partial charge in [-0.3, -0.25) is 9.36 Å². The summed E-state index contributed by atoms with van der Waals surface area (Å²) in [5, 5.41) is 15.3. The number of hydrogen-bond acceptors (Lipinski definition) is 6. The normalized spacial score (nSPS) is 11.1. The Hall–Kier alpha value is -3.75. The summed E-state index contributed by atoms with van der Waals surface area (Å²) in [5.41, 5.74) is 4.68. The molecule has 2 heterocycles. The third-order valence-corrected chi connectivity index (χ3v) is 7.77. The Labute approximate surface area is 218 Å². The van der Waals surface area contributed by atoms with E-state index in [-0.39, 0.29) is 11.9 Å². The predicted octanol–water partition coefficient (Wildman–Crippen LogP) is 6.15. The average Bonchev–Trinajstić information content (AvgIpc) is 3.54. The van der Waals surface area contributed by atoms with E-state index in [0.29, 0.717) is 11.4 Å². The molecule has 0 saturated carbocycles. The van der Waals surface area contributed by atoms with Crippen molar-refractivity contribution in [3.05, 3.63) is 124 Å². The van der Waals surface area contributed by atoms with Gasteiger partial charge < -0.3 is 5.32 Å². The number of aromatic nitrogens is 4. The van der Waals surface area contributed by atoms with E-state index in [1.54, 1.807) is 11.8 Å². The molecule has 0 aliphatic heterocycles. The summed E-state index contributed by atoms with van der Waals surface area (Å²) >= 11 is 3.04. The molecular formula is C28H25N5OS2. The van der Waals surface area contributed by atoms with Crippen LogP contribution in [0.2, 0.25) is 0 Å². The number of thiazole rings is 1. The van der Waals surface area contributed by atoms with Crippen molar-refractivity contribution in [1.29, 1.82) is 0 Å². The Morgan fingerprint density at radius 2 is 1.56 bits per heavy atom. The molecule has 0 spiro atoms. The van der Waals surface area contributed by atoms with Crippen LogP contribution in [0.15, 0.2) is 95.5 Å². The van der Waals surface area contributed by atoms with Crippen molar-refractivity contribution in [2.24, 2.45) is 0 Å². The van der Waals surface area contributed by atoms with Crippen LogP contribution in [0.1, 0.15) is 44.1 Å². The van der Waals surface area contributed by atoms with Crippen LogP contribution in [0.5, 0.6) is 0 Å². The number of nitrogens with zero attached hydrogens (tertiary/aromatic N) is 4. The van der Waals surface area contributed by atoms with Crippen LogP contribution in [-0.2, 0) is 5.75 Å². The number of thioether (sulfide) groups is 1. The molecule has 0 aliphatic rings. The van der Waals surface area contributed by atoms with Gasteiger partial charge in [-0.05, 0) is 36.6 Å². The Morgan fingerprint density at radius 1 is 0.917 bits per heavy atom. The van der Waals surface area contributed by atoms with E-state index in [4.69, 9.17) is 0 Å². The molecule has 3 aromatic carbocycles. The van der Waals surface area contributed by atoms with Gasteiger partial charge in [-0.15, -0.1) is 21.5 Å². The first-order valence-electron chi connectivity index (χ1n) is 11.6. The smallest absolute Gasteiger partial charge is 0.271 e. The van der Waals surface area contributed by atoms with Crippen molar-refractivity contribution in [1.82, 2.24) is 25.1 Å². The van der Waals surface area contributed by atoms with Crippen LogP contribution < -0.4 is 5.32 Å². The minimum Gasteiger partial charge on any atom is -0.340 e. The van der Waals surface area contributed by atoms with Gasteiger partial charge in [0.05, 0.1) is 17.5 Å². The zero-order chi connectivity index (χ0) is 24.9. The van der Waals surface area contributed by atoms with Crippen LogP contribution >= 0.6 is 23.1 Å². The fraction of sp³-hybridized carbons (Fsp3) is 0.143. The van der Waals surface area contributed by atoms with Crippen molar-refractivity contribution >= 4 is 29.0 Å². The Kier molecular flexibility index (Phi) is 7.25. The standard InChI is InChI=1S/C28H25N5OS2/c1-19-11-9-10-16-24(19)33-20(2)31-32-28(33)36-18-25-29-23(17-35-25)27(34)30-26(21-12-5-3-6-13-21)22-14-7-4-8-15-22/h3-17,26H,18H2,1-2H3,(H,30,34). The van der Waals surface area contributed by atoms with Crippen molar-refractivity contribution in [3.8, 4) is 5.69 Å². The molecule has 5 aromatic rings. The summed E-state index contributed by atoms with van der Waals surface area (Å²) < 4.78 is 2.06. The summed E-state index contributed by atoms with van der Waals surface area (Å²) in [4.78, 5) is 17.8. The number of para-hydroxylation sites is 1. The van der Waals surface area contributed by atoms with Gasteiger partial charge in [0.1, 0.15) is 16.5 Å². The van der Waals surface area contributed by atoms with Gasteiger partial charge in [-0.25, -0.2) is 4.98 Å². The summed E-state index contributed by atoms with van der Waals surface area (Å²) in [6.45, 7) is 4.03. The highest BCUT2D eigenvalue weighted by Gasteiger charge is 2.20. The second-order valence-electron chi connectivity index (χ2n) is 8.29. The molecule has 36 heavy (non-hydrogen) atoms. The zero-order valence-electron chi connectivity index (χ0n) is 20.0. The van der Waals surface area contributed by atoms with E-state index in [2.05, 4.69) is 44.1 Å². The van der Waals surface area contributed by atoms with Gasteiger partial charge in [0.2, 0.25) is 0 Å². The van der Waals surface area contributed by atoms with Crippen molar-refractivity contribution in [2.45, 2.75) is 30.8 Å². The quantitative estimate of drug-likeness (QED) is 0.253. The van der Waals surface area contributed by atoms with Crippen molar-refractivity contribution in [3.63, 3.8) is 0 Å². The number of rotatable bonds is 8. The lowest BCUT2D eigenvalue weighted by Gasteiger charge is -2.19. The molecule has 180 valence electrons. The van der Waals surface area contributed by atoms with Crippen LogP contribution in [0.4, 0.5) is 0 Å². The summed E-state index contributed by atoms with van der Waals surface area (Å²) in [7, 11) is 0. The fourth-order valence-electron chi connectivity index (χ4n) is 3.99. The molecule has 0 atom stereocenters. The largest absolute Gasteiger partial charge is 0.340 e. The van der Waals surface area contributed by atoms with E-state index in [1.807, 2.05) is 85.1 Å². The van der Waals surface area contributed by atoms with Crippen LogP contribution in [0, 0.1) is 13.8 Å². The van der Waals surface area contributed by atoms with Crippen LogP contribution in [0.25, 0.3) is 5.69 Å². The molecular weight excluding hydrogens is 486 g/mol. The number of carbonyl (C=O) groups excluding carboxylic acids is 1. The molecule has 0 unspecified atom stereocenters. The number of aryl methyl sites for hydroxylation is 2. The van der Waals surface area contributed by atoms with Crippen molar-refractivity contribution in [2.75, 3.05) is 0 Å². The van der Waals surface area contributed by atoms with Gasteiger partial charge in [0.25, 0.3) is 5.91 Å². The highest BCUT2D eigenvalue weighted by Crippen LogP contribution is 2.28. The summed E-state index contributed by atoms with van der Waals surface area (Å²) in [5.74, 6) is 1.24. The average molecular weight is 512 g/mol. The highest BCUT2D eigenvalue weighted by molar-refractivity contribution is 7.98. The first kappa shape index (κ1) is 24.0. The number of benzene rings is 3. The van der Waals surface area contributed by atoms with Crippen molar-refractivity contribution < 1.29 is 4.79 Å². The predicted molar refractivity (Wildman–Crippen MR) is 145 cm³/mol. The van der Waals surface area contributed by atoms with E-state index < -0.39 is 0 Å². The maximum atomic E-state index is 13.2. The SMILES string of the molecule is Cc1ccccc1-n1c(C)nnc1SCc1nc(C(=O)NC(c2ccccc2)c2ccccc2)cs1. The zero-order valence-corrected chi connectivity index (χ0v) is 21.6. The molecule has 6 nitrogen and oxygen atoms in total. The third kappa shape index (κ3) is 5.24. The lowest BCUT2D eigenvalue weighted by Crippen LogP contribution is -2.29. The number of nitrogens with one attached hydrogen (secondary N) is 1. The van der Waals surface area contributed by atoms with Gasteiger partial charge in [0.15, 0.2) is 5.16 Å². The molecule has 2 aromatic heterocycles. The third-order valence-electron chi connectivity index (χ3n) is 5.80.